The second-order valence-corrected chi connectivity index (χ2v) is 7.46. The summed E-state index contributed by atoms with van der Waals surface area (Å²) in [5, 5.41) is 6.55. The summed E-state index contributed by atoms with van der Waals surface area (Å²) in [4.78, 5) is 4.47. The Morgan fingerprint density at radius 3 is 2.42 bits per heavy atom. The third-order valence-electron chi connectivity index (χ3n) is 3.93. The highest BCUT2D eigenvalue weighted by atomic mass is 127. The highest BCUT2D eigenvalue weighted by Crippen LogP contribution is 2.17. The van der Waals surface area contributed by atoms with Crippen molar-refractivity contribution < 1.29 is 8.42 Å². The second kappa shape index (κ2) is 10.9. The molecule has 0 unspecified atom stereocenters. The van der Waals surface area contributed by atoms with Crippen molar-refractivity contribution in [2.24, 2.45) is 4.99 Å². The Morgan fingerprint density at radius 2 is 1.79 bits per heavy atom. The Morgan fingerprint density at radius 1 is 1.12 bits per heavy atom. The molecule has 1 aliphatic rings. The Labute approximate surface area is 162 Å². The Balaban J connectivity index is 0.00000288. The monoisotopic (exact) mass is 466 g/mol. The molecule has 0 bridgehead atoms. The van der Waals surface area contributed by atoms with E-state index in [4.69, 9.17) is 0 Å². The second-order valence-electron chi connectivity index (χ2n) is 5.69. The molecule has 0 atom stereocenters. The first-order valence-electron chi connectivity index (χ1n) is 8.14. The van der Waals surface area contributed by atoms with Gasteiger partial charge in [0.15, 0.2) is 5.96 Å². The number of benzene rings is 1. The zero-order chi connectivity index (χ0) is 16.5. The summed E-state index contributed by atoms with van der Waals surface area (Å²) in [6, 6.07) is 8.85. The molecule has 136 valence electrons. The van der Waals surface area contributed by atoms with E-state index in [1.165, 1.54) is 32.1 Å². The number of halogens is 1. The standard InChI is InChI=1S/C16H26N4O2S.HI/c1-17-16(20-14-8-4-2-5-9-14)18-12-13-19-23(21,22)15-10-6-3-7-11-15;/h3,6-7,10-11,14,19H,2,4-5,8-9,12-13H2,1H3,(H2,17,18,20);1H. The van der Waals surface area contributed by atoms with Crippen molar-refractivity contribution in [3.8, 4) is 0 Å². The zero-order valence-corrected chi connectivity index (χ0v) is 17.1. The molecule has 6 nitrogen and oxygen atoms in total. The molecule has 1 aromatic rings. The van der Waals surface area contributed by atoms with E-state index in [1.54, 1.807) is 37.4 Å². The van der Waals surface area contributed by atoms with E-state index in [9.17, 15) is 8.42 Å². The highest BCUT2D eigenvalue weighted by molar-refractivity contribution is 14.0. The Kier molecular flexibility index (Phi) is 9.60. The molecule has 3 N–H and O–H groups in total. The van der Waals surface area contributed by atoms with Gasteiger partial charge in [-0.25, -0.2) is 13.1 Å². The van der Waals surface area contributed by atoms with Crippen LogP contribution in [0.3, 0.4) is 0 Å². The minimum atomic E-state index is -3.44. The first kappa shape index (κ1) is 21.2. The summed E-state index contributed by atoms with van der Waals surface area (Å²) in [6.07, 6.45) is 6.16. The van der Waals surface area contributed by atoms with E-state index in [2.05, 4.69) is 20.3 Å². The van der Waals surface area contributed by atoms with Crippen LogP contribution in [-0.2, 0) is 10.0 Å². The summed E-state index contributed by atoms with van der Waals surface area (Å²) in [5.74, 6) is 0.732. The van der Waals surface area contributed by atoms with E-state index >= 15 is 0 Å². The van der Waals surface area contributed by atoms with Gasteiger partial charge < -0.3 is 10.6 Å². The predicted molar refractivity (Wildman–Crippen MR) is 108 cm³/mol. The van der Waals surface area contributed by atoms with E-state index < -0.39 is 10.0 Å². The minimum absolute atomic E-state index is 0. The number of aliphatic imine (C=N–C) groups is 1. The average molecular weight is 466 g/mol. The predicted octanol–water partition coefficient (Wildman–Crippen LogP) is 2.08. The van der Waals surface area contributed by atoms with Gasteiger partial charge in [0.1, 0.15) is 0 Å². The van der Waals surface area contributed by atoms with Crippen LogP contribution >= 0.6 is 24.0 Å². The van der Waals surface area contributed by atoms with Gasteiger partial charge in [-0.3, -0.25) is 4.99 Å². The summed E-state index contributed by atoms with van der Waals surface area (Å²) >= 11 is 0. The molecule has 2 rings (SSSR count). The third-order valence-corrected chi connectivity index (χ3v) is 5.41. The van der Waals surface area contributed by atoms with E-state index in [1.807, 2.05) is 0 Å². The SMILES string of the molecule is CN=C(NCCNS(=O)(=O)c1ccccc1)NC1CCCCC1.I. The minimum Gasteiger partial charge on any atom is -0.355 e. The molecule has 1 aromatic carbocycles. The lowest BCUT2D eigenvalue weighted by molar-refractivity contribution is 0.410. The molecular formula is C16H27IN4O2S. The average Bonchev–Trinajstić information content (AvgIpc) is 2.59. The van der Waals surface area contributed by atoms with Crippen LogP contribution in [0.2, 0.25) is 0 Å². The molecule has 0 radical (unpaired) electrons. The highest BCUT2D eigenvalue weighted by Gasteiger charge is 2.15. The van der Waals surface area contributed by atoms with Gasteiger partial charge in [-0.05, 0) is 25.0 Å². The summed E-state index contributed by atoms with van der Waals surface area (Å²) in [7, 11) is -1.71. The van der Waals surface area contributed by atoms with Gasteiger partial charge in [-0.15, -0.1) is 24.0 Å². The summed E-state index contributed by atoms with van der Waals surface area (Å²) in [5.41, 5.74) is 0. The molecule has 8 heteroatoms. The van der Waals surface area contributed by atoms with Crippen molar-refractivity contribution in [1.82, 2.24) is 15.4 Å². The molecule has 0 aliphatic heterocycles. The summed E-state index contributed by atoms with van der Waals surface area (Å²) in [6.45, 7) is 0.793. The molecule has 0 amide bonds. The fraction of sp³-hybridized carbons (Fsp3) is 0.562. The summed E-state index contributed by atoms with van der Waals surface area (Å²) < 4.78 is 26.7. The lowest BCUT2D eigenvalue weighted by Gasteiger charge is -2.24. The number of guanidine groups is 1. The molecule has 0 saturated heterocycles. The molecule has 1 aliphatic carbocycles. The normalized spacial score (nSPS) is 16.3. The van der Waals surface area contributed by atoms with Crippen LogP contribution in [0.25, 0.3) is 0 Å². The molecule has 0 aromatic heterocycles. The van der Waals surface area contributed by atoms with Gasteiger partial charge in [0.2, 0.25) is 10.0 Å². The number of hydrogen-bond donors (Lipinski definition) is 3. The first-order chi connectivity index (χ1) is 11.1. The maximum atomic E-state index is 12.1. The molecule has 0 heterocycles. The first-order valence-corrected chi connectivity index (χ1v) is 9.62. The molecule has 1 fully saturated rings. The quantitative estimate of drug-likeness (QED) is 0.260. The van der Waals surface area contributed by atoms with Crippen molar-refractivity contribution in [3.63, 3.8) is 0 Å². The topological polar surface area (TPSA) is 82.6 Å². The molecular weight excluding hydrogens is 439 g/mol. The lowest BCUT2D eigenvalue weighted by Crippen LogP contribution is -2.46. The van der Waals surface area contributed by atoms with E-state index in [-0.39, 0.29) is 28.9 Å². The maximum Gasteiger partial charge on any atom is 0.240 e. The van der Waals surface area contributed by atoms with Gasteiger partial charge in [-0.2, -0.15) is 0 Å². The fourth-order valence-corrected chi connectivity index (χ4v) is 3.74. The van der Waals surface area contributed by atoms with Crippen molar-refractivity contribution in [2.75, 3.05) is 20.1 Å². The van der Waals surface area contributed by atoms with Crippen LogP contribution in [0.5, 0.6) is 0 Å². The van der Waals surface area contributed by atoms with Gasteiger partial charge in [-0.1, -0.05) is 37.5 Å². The van der Waals surface area contributed by atoms with E-state index in [0.717, 1.165) is 5.96 Å². The number of hydrogen-bond acceptors (Lipinski definition) is 3. The number of sulfonamides is 1. The van der Waals surface area contributed by atoms with Crippen molar-refractivity contribution in [1.29, 1.82) is 0 Å². The zero-order valence-electron chi connectivity index (χ0n) is 14.0. The largest absolute Gasteiger partial charge is 0.355 e. The van der Waals surface area contributed by atoms with Crippen LogP contribution in [-0.4, -0.2) is 40.6 Å². The molecule has 1 saturated carbocycles. The van der Waals surface area contributed by atoms with Crippen LogP contribution in [0.4, 0.5) is 0 Å². The Bertz CT molecular complexity index is 602. The molecule has 0 spiro atoms. The van der Waals surface area contributed by atoms with Gasteiger partial charge in [0.25, 0.3) is 0 Å². The Hall–Kier alpha value is -0.870. The smallest absolute Gasteiger partial charge is 0.240 e. The van der Waals surface area contributed by atoms with Gasteiger partial charge >= 0.3 is 0 Å². The van der Waals surface area contributed by atoms with Crippen molar-refractivity contribution in [2.45, 2.75) is 43.0 Å². The number of nitrogens with zero attached hydrogens (tertiary/aromatic N) is 1. The van der Waals surface area contributed by atoms with Crippen LogP contribution in [0, 0.1) is 0 Å². The van der Waals surface area contributed by atoms with Crippen molar-refractivity contribution in [3.05, 3.63) is 30.3 Å². The number of rotatable bonds is 6. The van der Waals surface area contributed by atoms with Gasteiger partial charge in [0.05, 0.1) is 4.90 Å². The molecule has 24 heavy (non-hydrogen) atoms. The lowest BCUT2D eigenvalue weighted by atomic mass is 9.96. The number of nitrogens with one attached hydrogen (secondary N) is 3. The van der Waals surface area contributed by atoms with Crippen LogP contribution in [0.1, 0.15) is 32.1 Å². The van der Waals surface area contributed by atoms with Gasteiger partial charge in [0, 0.05) is 26.2 Å². The van der Waals surface area contributed by atoms with Crippen LogP contribution < -0.4 is 15.4 Å². The fourth-order valence-electron chi connectivity index (χ4n) is 2.68. The van der Waals surface area contributed by atoms with E-state index in [0.29, 0.717) is 19.1 Å². The van der Waals surface area contributed by atoms with Crippen molar-refractivity contribution >= 4 is 40.0 Å². The third kappa shape index (κ3) is 6.94. The van der Waals surface area contributed by atoms with Crippen LogP contribution in [0.15, 0.2) is 40.2 Å². The maximum absolute atomic E-state index is 12.1.